The molecular formula is C28H29NO4. The van der Waals surface area contributed by atoms with Crippen molar-refractivity contribution in [3.8, 4) is 11.1 Å². The van der Waals surface area contributed by atoms with Gasteiger partial charge in [-0.3, -0.25) is 0 Å². The number of alkyl carbamates (subject to hydrolysis) is 1. The number of carboxylic acid groups (broad SMARTS) is 1. The number of carbonyl (C=O) groups is 2. The van der Waals surface area contributed by atoms with Gasteiger partial charge in [-0.1, -0.05) is 86.6 Å². The summed E-state index contributed by atoms with van der Waals surface area (Å²) < 4.78 is 5.50. The SMILES string of the molecule is CC(C)c1ccc(CCC(NC(=O)OCC2c3ccccc3-c3ccccc32)C(=O)O)cc1. The Kier molecular flexibility index (Phi) is 6.78. The molecule has 0 aromatic heterocycles. The summed E-state index contributed by atoms with van der Waals surface area (Å²) in [5.74, 6) is -0.686. The lowest BCUT2D eigenvalue weighted by Crippen LogP contribution is -2.41. The van der Waals surface area contributed by atoms with Gasteiger partial charge in [0.2, 0.25) is 0 Å². The molecule has 3 aromatic carbocycles. The first-order valence-electron chi connectivity index (χ1n) is 11.4. The zero-order valence-corrected chi connectivity index (χ0v) is 19.0. The van der Waals surface area contributed by atoms with Crippen molar-refractivity contribution in [1.29, 1.82) is 0 Å². The summed E-state index contributed by atoms with van der Waals surface area (Å²) in [6.07, 6.45) is 0.138. The van der Waals surface area contributed by atoms with Crippen LogP contribution in [0.4, 0.5) is 4.79 Å². The molecule has 33 heavy (non-hydrogen) atoms. The Bertz CT molecular complexity index is 1090. The highest BCUT2D eigenvalue weighted by Crippen LogP contribution is 2.44. The number of aliphatic carboxylic acids is 1. The van der Waals surface area contributed by atoms with Crippen LogP contribution in [0.25, 0.3) is 11.1 Å². The van der Waals surface area contributed by atoms with E-state index in [0.717, 1.165) is 27.8 Å². The first kappa shape index (κ1) is 22.6. The second-order valence-corrected chi connectivity index (χ2v) is 8.80. The minimum absolute atomic E-state index is 0.0640. The number of carbonyl (C=O) groups excluding carboxylic acids is 1. The van der Waals surface area contributed by atoms with Gasteiger partial charge < -0.3 is 15.2 Å². The fourth-order valence-electron chi connectivity index (χ4n) is 4.42. The second kappa shape index (κ2) is 9.90. The predicted molar refractivity (Wildman–Crippen MR) is 128 cm³/mol. The lowest BCUT2D eigenvalue weighted by Gasteiger charge is -2.17. The number of hydrogen-bond acceptors (Lipinski definition) is 3. The van der Waals surface area contributed by atoms with Crippen molar-refractivity contribution in [1.82, 2.24) is 5.32 Å². The van der Waals surface area contributed by atoms with Crippen LogP contribution >= 0.6 is 0 Å². The summed E-state index contributed by atoms with van der Waals surface area (Å²) in [6, 6.07) is 23.3. The minimum atomic E-state index is -1.07. The van der Waals surface area contributed by atoms with Crippen molar-refractivity contribution in [2.45, 2.75) is 44.6 Å². The quantitative estimate of drug-likeness (QED) is 0.466. The van der Waals surface area contributed by atoms with Gasteiger partial charge in [0.1, 0.15) is 12.6 Å². The lowest BCUT2D eigenvalue weighted by molar-refractivity contribution is -0.139. The van der Waals surface area contributed by atoms with Crippen molar-refractivity contribution in [3.05, 3.63) is 95.1 Å². The highest BCUT2D eigenvalue weighted by molar-refractivity contribution is 5.81. The molecule has 1 aliphatic rings. The van der Waals surface area contributed by atoms with Crippen LogP contribution in [0.3, 0.4) is 0 Å². The Hall–Kier alpha value is -3.60. The molecule has 0 radical (unpaired) electrons. The second-order valence-electron chi connectivity index (χ2n) is 8.80. The molecule has 0 bridgehead atoms. The molecule has 1 atom stereocenters. The third-order valence-corrected chi connectivity index (χ3v) is 6.30. The van der Waals surface area contributed by atoms with Crippen LogP contribution in [-0.2, 0) is 16.0 Å². The number of ether oxygens (including phenoxy) is 1. The van der Waals surface area contributed by atoms with Crippen LogP contribution in [0.5, 0.6) is 0 Å². The van der Waals surface area contributed by atoms with Crippen molar-refractivity contribution in [3.63, 3.8) is 0 Å². The molecule has 4 rings (SSSR count). The van der Waals surface area contributed by atoms with Crippen LogP contribution in [-0.4, -0.2) is 29.8 Å². The number of fused-ring (bicyclic) bond motifs is 3. The number of hydrogen-bond donors (Lipinski definition) is 2. The van der Waals surface area contributed by atoms with Gasteiger partial charge in [-0.2, -0.15) is 0 Å². The Labute approximate surface area is 194 Å². The van der Waals surface area contributed by atoms with Crippen LogP contribution in [0.15, 0.2) is 72.8 Å². The Morgan fingerprint density at radius 2 is 1.48 bits per heavy atom. The molecule has 5 nitrogen and oxygen atoms in total. The maximum absolute atomic E-state index is 12.5. The average Bonchev–Trinajstić information content (AvgIpc) is 3.14. The molecule has 170 valence electrons. The van der Waals surface area contributed by atoms with E-state index >= 15 is 0 Å². The van der Waals surface area contributed by atoms with E-state index in [-0.39, 0.29) is 12.5 Å². The van der Waals surface area contributed by atoms with Crippen molar-refractivity contribution < 1.29 is 19.4 Å². The molecule has 0 spiro atoms. The molecular weight excluding hydrogens is 414 g/mol. The summed E-state index contributed by atoms with van der Waals surface area (Å²) >= 11 is 0. The van der Waals surface area contributed by atoms with Gasteiger partial charge in [0.25, 0.3) is 0 Å². The van der Waals surface area contributed by atoms with Crippen LogP contribution in [0.1, 0.15) is 54.4 Å². The van der Waals surface area contributed by atoms with Crippen LogP contribution < -0.4 is 5.32 Å². The smallest absolute Gasteiger partial charge is 0.407 e. The maximum Gasteiger partial charge on any atom is 0.407 e. The zero-order valence-electron chi connectivity index (χ0n) is 19.0. The first-order chi connectivity index (χ1) is 15.9. The van der Waals surface area contributed by atoms with E-state index in [9.17, 15) is 14.7 Å². The van der Waals surface area contributed by atoms with E-state index in [0.29, 0.717) is 18.8 Å². The Balaban J connectivity index is 1.35. The van der Waals surface area contributed by atoms with Crippen LogP contribution in [0, 0.1) is 0 Å². The number of amides is 1. The number of aryl methyl sites for hydroxylation is 1. The highest BCUT2D eigenvalue weighted by Gasteiger charge is 2.29. The molecule has 3 aromatic rings. The predicted octanol–water partition coefficient (Wildman–Crippen LogP) is 5.73. The van der Waals surface area contributed by atoms with E-state index in [2.05, 4.69) is 43.4 Å². The normalized spacial score (nSPS) is 13.3. The summed E-state index contributed by atoms with van der Waals surface area (Å²) in [5.41, 5.74) is 6.81. The maximum atomic E-state index is 12.5. The van der Waals surface area contributed by atoms with E-state index < -0.39 is 18.1 Å². The fraction of sp³-hybridized carbons (Fsp3) is 0.286. The molecule has 1 unspecified atom stereocenters. The molecule has 1 aliphatic carbocycles. The number of nitrogens with one attached hydrogen (secondary N) is 1. The van der Waals surface area contributed by atoms with E-state index in [1.807, 2.05) is 48.5 Å². The van der Waals surface area contributed by atoms with E-state index in [1.54, 1.807) is 0 Å². The summed E-state index contributed by atoms with van der Waals surface area (Å²) in [4.78, 5) is 24.2. The molecule has 0 fully saturated rings. The van der Waals surface area contributed by atoms with E-state index in [4.69, 9.17) is 4.74 Å². The van der Waals surface area contributed by atoms with Gasteiger partial charge in [-0.25, -0.2) is 9.59 Å². The third kappa shape index (κ3) is 5.08. The lowest BCUT2D eigenvalue weighted by atomic mass is 9.98. The average molecular weight is 444 g/mol. The number of benzene rings is 3. The van der Waals surface area contributed by atoms with Crippen molar-refractivity contribution in [2.24, 2.45) is 0 Å². The van der Waals surface area contributed by atoms with Crippen LogP contribution in [0.2, 0.25) is 0 Å². The number of carboxylic acids is 1. The van der Waals surface area contributed by atoms with Crippen molar-refractivity contribution in [2.75, 3.05) is 6.61 Å². The topological polar surface area (TPSA) is 75.6 Å². The van der Waals surface area contributed by atoms with Gasteiger partial charge in [0.05, 0.1) is 0 Å². The monoisotopic (exact) mass is 443 g/mol. The molecule has 0 saturated heterocycles. The molecule has 1 amide bonds. The van der Waals surface area contributed by atoms with E-state index in [1.165, 1.54) is 5.56 Å². The standard InChI is InChI=1S/C28H29NO4/c1-18(2)20-14-11-19(12-15-20)13-16-26(27(30)31)29-28(32)33-17-25-23-9-5-3-7-21(23)22-8-4-6-10-24(22)25/h3-12,14-15,18,25-26H,13,16-17H2,1-2H3,(H,29,32)(H,30,31). The van der Waals surface area contributed by atoms with Gasteiger partial charge in [-0.15, -0.1) is 0 Å². The fourth-order valence-corrected chi connectivity index (χ4v) is 4.42. The summed E-state index contributed by atoms with van der Waals surface area (Å²) in [6.45, 7) is 4.42. The largest absolute Gasteiger partial charge is 0.480 e. The molecule has 0 saturated carbocycles. The molecule has 2 N–H and O–H groups in total. The Morgan fingerprint density at radius 3 is 2.03 bits per heavy atom. The van der Waals surface area contributed by atoms with Crippen molar-refractivity contribution >= 4 is 12.1 Å². The third-order valence-electron chi connectivity index (χ3n) is 6.30. The van der Waals surface area contributed by atoms with Gasteiger partial charge in [0, 0.05) is 5.92 Å². The molecule has 0 heterocycles. The van der Waals surface area contributed by atoms with Gasteiger partial charge >= 0.3 is 12.1 Å². The van der Waals surface area contributed by atoms with Gasteiger partial charge in [-0.05, 0) is 52.1 Å². The molecule has 0 aliphatic heterocycles. The minimum Gasteiger partial charge on any atom is -0.480 e. The Morgan fingerprint density at radius 1 is 0.909 bits per heavy atom. The summed E-state index contributed by atoms with van der Waals surface area (Å²) in [5, 5.41) is 12.1. The number of rotatable bonds is 8. The summed E-state index contributed by atoms with van der Waals surface area (Å²) in [7, 11) is 0. The first-order valence-corrected chi connectivity index (χ1v) is 11.4. The molecule has 5 heteroatoms. The zero-order chi connectivity index (χ0) is 23.4. The van der Waals surface area contributed by atoms with Gasteiger partial charge in [0.15, 0.2) is 0 Å². The highest BCUT2D eigenvalue weighted by atomic mass is 16.5.